The molecule has 0 aromatic carbocycles. The molecule has 0 fully saturated rings. The maximum atomic E-state index is 8.58. The van der Waals surface area contributed by atoms with Gasteiger partial charge in [-0.1, -0.05) is 0 Å². The average Bonchev–Trinajstić information content (AvgIpc) is 2.40. The number of diazo groups is 1. The van der Waals surface area contributed by atoms with Crippen LogP contribution in [-0.2, 0) is 4.74 Å². The lowest BCUT2D eigenvalue weighted by molar-refractivity contribution is 0.306. The summed E-state index contributed by atoms with van der Waals surface area (Å²) in [5.74, 6) is 0.732. The molecule has 5 heteroatoms. The van der Waals surface area contributed by atoms with Crippen LogP contribution in [-0.4, -0.2) is 24.8 Å². The van der Waals surface area contributed by atoms with Gasteiger partial charge in [0.2, 0.25) is 0 Å². The van der Waals surface area contributed by atoms with E-state index in [1.165, 1.54) is 0 Å². The molecule has 0 aromatic heterocycles. The second-order valence-corrected chi connectivity index (χ2v) is 3.82. The van der Waals surface area contributed by atoms with E-state index in [0.29, 0.717) is 5.71 Å². The molecule has 1 aliphatic heterocycles. The van der Waals surface area contributed by atoms with Crippen molar-refractivity contribution in [3.05, 3.63) is 64.8 Å². The topological polar surface area (TPSA) is 53.0 Å². The van der Waals surface area contributed by atoms with Crippen LogP contribution >= 0.6 is 0 Å². The first-order valence-electron chi connectivity index (χ1n) is 5.43. The molecule has 2 rings (SSSR count). The van der Waals surface area contributed by atoms with E-state index < -0.39 is 0 Å². The lowest BCUT2D eigenvalue weighted by Crippen LogP contribution is -2.09. The van der Waals surface area contributed by atoms with E-state index in [-0.39, 0.29) is 0 Å². The molecule has 2 aliphatic rings. The van der Waals surface area contributed by atoms with Crippen molar-refractivity contribution in [3.63, 3.8) is 0 Å². The number of rotatable bonds is 1. The molecule has 0 radical (unpaired) electrons. The van der Waals surface area contributed by atoms with Crippen LogP contribution in [0.4, 0.5) is 0 Å². The Morgan fingerprint density at radius 2 is 1.94 bits per heavy atom. The molecular weight excluding hydrogens is 228 g/mol. The summed E-state index contributed by atoms with van der Waals surface area (Å²) in [5, 5.41) is 15.1. The Balaban J connectivity index is 2.48. The van der Waals surface area contributed by atoms with Gasteiger partial charge in [-0.05, 0) is 36.0 Å². The zero-order chi connectivity index (χ0) is 13.0. The number of allylic oxidation sites excluding steroid dienone is 7. The molecule has 0 saturated carbocycles. The summed E-state index contributed by atoms with van der Waals surface area (Å²) in [4.78, 5) is 1.94. The molecule has 0 amide bonds. The van der Waals surface area contributed by atoms with Crippen LogP contribution in [0.2, 0.25) is 0 Å². The molecule has 0 saturated heterocycles. The van der Waals surface area contributed by atoms with E-state index in [1.54, 1.807) is 19.3 Å². The molecule has 0 aromatic rings. The van der Waals surface area contributed by atoms with Crippen molar-refractivity contribution in [1.29, 1.82) is 5.39 Å². The SMILES string of the molecule is COC1=CC(=C2C=CN(C)C=C2)C(=N[N+]#N)C=C1. The highest BCUT2D eigenvalue weighted by molar-refractivity contribution is 6.13. The van der Waals surface area contributed by atoms with Gasteiger partial charge in [-0.25, -0.2) is 0 Å². The van der Waals surface area contributed by atoms with E-state index in [1.807, 2.05) is 42.6 Å². The van der Waals surface area contributed by atoms with Crippen LogP contribution < -0.4 is 0 Å². The van der Waals surface area contributed by atoms with E-state index in [9.17, 15) is 0 Å². The first-order valence-corrected chi connectivity index (χ1v) is 5.43. The summed E-state index contributed by atoms with van der Waals surface area (Å²) in [6.45, 7) is 0. The molecule has 90 valence electrons. The zero-order valence-electron chi connectivity index (χ0n) is 10.2. The highest BCUT2D eigenvalue weighted by Crippen LogP contribution is 2.22. The first kappa shape index (κ1) is 11.9. The van der Waals surface area contributed by atoms with Crippen molar-refractivity contribution in [1.82, 2.24) is 4.90 Å². The molecule has 1 aliphatic carbocycles. The Kier molecular flexibility index (Phi) is 3.39. The van der Waals surface area contributed by atoms with Gasteiger partial charge in [0.1, 0.15) is 5.76 Å². The third-order valence-corrected chi connectivity index (χ3v) is 2.65. The fraction of sp³-hybridized carbons (Fsp3) is 0.154. The lowest BCUT2D eigenvalue weighted by Gasteiger charge is -2.15. The Hall–Kier alpha value is -2.61. The van der Waals surface area contributed by atoms with Crippen molar-refractivity contribution in [2.75, 3.05) is 14.2 Å². The van der Waals surface area contributed by atoms with Gasteiger partial charge >= 0.3 is 5.08 Å². The van der Waals surface area contributed by atoms with E-state index in [4.69, 9.17) is 10.1 Å². The largest absolute Gasteiger partial charge is 0.497 e. The van der Waals surface area contributed by atoms with Gasteiger partial charge in [-0.3, -0.25) is 0 Å². The highest BCUT2D eigenvalue weighted by atomic mass is 16.5. The maximum absolute atomic E-state index is 8.58. The molecule has 1 heterocycles. The predicted octanol–water partition coefficient (Wildman–Crippen LogP) is 2.56. The minimum atomic E-state index is 0.590. The minimum Gasteiger partial charge on any atom is -0.497 e. The number of methoxy groups -OCH3 is 1. The van der Waals surface area contributed by atoms with Gasteiger partial charge < -0.3 is 9.64 Å². The molecule has 0 atom stereocenters. The fourth-order valence-electron chi connectivity index (χ4n) is 1.69. The van der Waals surface area contributed by atoms with E-state index in [2.05, 4.69) is 10.2 Å². The van der Waals surface area contributed by atoms with Gasteiger partial charge in [-0.2, -0.15) is 0 Å². The Morgan fingerprint density at radius 1 is 1.22 bits per heavy atom. The van der Waals surface area contributed by atoms with Crippen molar-refractivity contribution in [2.45, 2.75) is 0 Å². The molecule has 18 heavy (non-hydrogen) atoms. The summed E-state index contributed by atoms with van der Waals surface area (Å²) in [6.07, 6.45) is 13.2. The van der Waals surface area contributed by atoms with Crippen molar-refractivity contribution in [3.8, 4) is 0 Å². The summed E-state index contributed by atoms with van der Waals surface area (Å²) < 4.78 is 5.19. The van der Waals surface area contributed by atoms with Crippen LogP contribution in [0, 0.1) is 5.39 Å². The van der Waals surface area contributed by atoms with Crippen molar-refractivity contribution in [2.24, 2.45) is 5.10 Å². The van der Waals surface area contributed by atoms with Gasteiger partial charge in [0.05, 0.1) is 7.11 Å². The normalized spacial score (nSPS) is 20.2. The lowest BCUT2D eigenvalue weighted by atomic mass is 9.97. The Bertz CT molecular complexity index is 554. The standard InChI is InChI=1S/C13H13N4O/c1-17-7-5-10(6-8-17)12-9-11(18-2)3-4-13(12)15-16-14/h3-9H,1-2H3/q+1. The van der Waals surface area contributed by atoms with Crippen molar-refractivity contribution < 1.29 is 4.74 Å². The second-order valence-electron chi connectivity index (χ2n) is 3.82. The Labute approximate surface area is 105 Å². The maximum Gasteiger partial charge on any atom is 0.339 e. The smallest absolute Gasteiger partial charge is 0.339 e. The highest BCUT2D eigenvalue weighted by Gasteiger charge is 2.16. The summed E-state index contributed by atoms with van der Waals surface area (Å²) in [6, 6.07) is 0. The fourth-order valence-corrected chi connectivity index (χ4v) is 1.69. The molecule has 5 nitrogen and oxygen atoms in total. The van der Waals surface area contributed by atoms with Gasteiger partial charge in [0.15, 0.2) is 10.8 Å². The van der Waals surface area contributed by atoms with Crippen molar-refractivity contribution >= 4 is 5.71 Å². The summed E-state index contributed by atoms with van der Waals surface area (Å²) in [7, 11) is 3.56. The van der Waals surface area contributed by atoms with E-state index >= 15 is 0 Å². The third-order valence-electron chi connectivity index (χ3n) is 2.65. The number of ether oxygens (including phenoxy) is 1. The van der Waals surface area contributed by atoms with Gasteiger partial charge in [0.25, 0.3) is 5.39 Å². The van der Waals surface area contributed by atoms with Crippen LogP contribution in [0.5, 0.6) is 0 Å². The summed E-state index contributed by atoms with van der Waals surface area (Å²) in [5.41, 5.74) is 2.43. The molecule has 0 spiro atoms. The summed E-state index contributed by atoms with van der Waals surface area (Å²) >= 11 is 0. The number of hydrogen-bond donors (Lipinski definition) is 0. The molecule has 0 bridgehead atoms. The Morgan fingerprint density at radius 3 is 2.56 bits per heavy atom. The van der Waals surface area contributed by atoms with Gasteiger partial charge in [-0.15, -0.1) is 0 Å². The van der Waals surface area contributed by atoms with Crippen LogP contribution in [0.1, 0.15) is 0 Å². The van der Waals surface area contributed by atoms with Gasteiger partial charge in [0, 0.05) is 25.0 Å². The van der Waals surface area contributed by atoms with E-state index in [0.717, 1.165) is 16.9 Å². The van der Waals surface area contributed by atoms with Crippen LogP contribution in [0.15, 0.2) is 64.8 Å². The minimum absolute atomic E-state index is 0.590. The number of nitrogens with zero attached hydrogens (tertiary/aromatic N) is 4. The molecule has 0 unspecified atom stereocenters. The molecule has 0 N–H and O–H groups in total. The zero-order valence-corrected chi connectivity index (χ0v) is 10.2. The molecular formula is C13H13N4O+. The second kappa shape index (κ2) is 5.15. The average molecular weight is 241 g/mol. The monoisotopic (exact) mass is 241 g/mol. The number of hydrogen-bond acceptors (Lipinski definition) is 4. The third kappa shape index (κ3) is 2.38. The van der Waals surface area contributed by atoms with Crippen LogP contribution in [0.3, 0.4) is 0 Å². The first-order chi connectivity index (χ1) is 8.74. The quantitative estimate of drug-likeness (QED) is 0.523. The predicted molar refractivity (Wildman–Crippen MR) is 69.8 cm³/mol. The van der Waals surface area contributed by atoms with Crippen LogP contribution in [0.25, 0.3) is 5.08 Å².